The molecule has 1 aromatic heterocycles. The Balaban J connectivity index is 1.27. The van der Waals surface area contributed by atoms with Crippen LogP contribution in [0.5, 0.6) is 0 Å². The zero-order chi connectivity index (χ0) is 29.3. The predicted molar refractivity (Wildman–Crippen MR) is 168 cm³/mol. The number of benzene rings is 1. The molecule has 3 saturated heterocycles. The number of likely N-dealkylation sites (tertiary alicyclic amines) is 1. The average Bonchev–Trinajstić information content (AvgIpc) is 3.66. The lowest BCUT2D eigenvalue weighted by Crippen LogP contribution is -2.52. The number of rotatable bonds is 8. The van der Waals surface area contributed by atoms with Gasteiger partial charge in [-0.2, -0.15) is 0 Å². The summed E-state index contributed by atoms with van der Waals surface area (Å²) in [4.78, 5) is 50.9. The van der Waals surface area contributed by atoms with E-state index in [1.54, 1.807) is 28.4 Å². The molecule has 3 aliphatic rings. The van der Waals surface area contributed by atoms with Crippen LogP contribution in [0, 0.1) is 11.8 Å². The number of carbonyl (C=O) groups is 3. The minimum Gasteiger partial charge on any atom is -0.367 e. The molecule has 41 heavy (non-hydrogen) atoms. The fraction of sp³-hybridized carbons (Fsp3) is 0.517. The van der Waals surface area contributed by atoms with Crippen LogP contribution in [0.3, 0.4) is 0 Å². The Morgan fingerprint density at radius 2 is 1.88 bits per heavy atom. The van der Waals surface area contributed by atoms with Crippen molar-refractivity contribution in [1.82, 2.24) is 20.1 Å². The van der Waals surface area contributed by atoms with E-state index in [0.717, 1.165) is 46.0 Å². The van der Waals surface area contributed by atoms with Crippen LogP contribution in [0.15, 0.2) is 39.1 Å². The average molecular weight is 710 g/mol. The molecule has 0 spiro atoms. The fourth-order valence-electron chi connectivity index (χ4n) is 5.69. The second-order valence-corrected chi connectivity index (χ2v) is 14.9. The number of anilines is 1. The Hall–Kier alpha value is -2.12. The van der Waals surface area contributed by atoms with Crippen LogP contribution in [0.4, 0.5) is 5.13 Å². The molecule has 0 radical (unpaired) electrons. The Bertz CT molecular complexity index is 1300. The lowest BCUT2D eigenvalue weighted by Gasteiger charge is -2.32. The number of halogens is 2. The number of aromatic nitrogens is 1. The first-order valence-electron chi connectivity index (χ1n) is 13.9. The van der Waals surface area contributed by atoms with Crippen molar-refractivity contribution in [2.45, 2.75) is 38.5 Å². The van der Waals surface area contributed by atoms with Crippen LogP contribution in [0.1, 0.15) is 30.6 Å². The molecule has 4 heterocycles. The summed E-state index contributed by atoms with van der Waals surface area (Å²) in [7, 11) is 2.13. The van der Waals surface area contributed by atoms with E-state index in [2.05, 4.69) is 54.0 Å². The number of piperazine rings is 1. The van der Waals surface area contributed by atoms with Gasteiger partial charge in [-0.3, -0.25) is 14.4 Å². The third-order valence-corrected chi connectivity index (χ3v) is 9.30. The molecule has 3 aliphatic heterocycles. The van der Waals surface area contributed by atoms with E-state index in [4.69, 9.17) is 9.72 Å². The molecule has 3 fully saturated rings. The summed E-state index contributed by atoms with van der Waals surface area (Å²) in [5, 5.41) is 6.03. The number of nitrogens with one attached hydrogen (secondary N) is 1. The summed E-state index contributed by atoms with van der Waals surface area (Å²) in [5.74, 6) is -0.649. The van der Waals surface area contributed by atoms with E-state index in [1.165, 1.54) is 0 Å². The Morgan fingerprint density at radius 3 is 2.54 bits per heavy atom. The predicted octanol–water partition coefficient (Wildman–Crippen LogP) is 4.13. The highest BCUT2D eigenvalue weighted by atomic mass is 79.9. The summed E-state index contributed by atoms with van der Waals surface area (Å²) in [6, 6.07) is 5.94. The van der Waals surface area contributed by atoms with E-state index in [-0.39, 0.29) is 42.1 Å². The van der Waals surface area contributed by atoms with Crippen molar-refractivity contribution in [2.75, 3.05) is 51.3 Å². The Morgan fingerprint density at radius 1 is 1.17 bits per heavy atom. The van der Waals surface area contributed by atoms with Gasteiger partial charge in [-0.1, -0.05) is 32.1 Å². The lowest BCUT2D eigenvalue weighted by atomic mass is 10.0. The smallest absolute Gasteiger partial charge is 0.251 e. The van der Waals surface area contributed by atoms with Crippen molar-refractivity contribution in [3.63, 3.8) is 0 Å². The summed E-state index contributed by atoms with van der Waals surface area (Å²) in [6.45, 7) is 8.33. The molecule has 0 aliphatic carbocycles. The lowest BCUT2D eigenvalue weighted by molar-refractivity contribution is -0.138. The first-order valence-corrected chi connectivity index (χ1v) is 16.3. The number of thiazole rings is 1. The van der Waals surface area contributed by atoms with Gasteiger partial charge in [0.05, 0.1) is 15.2 Å². The molecule has 4 atom stereocenters. The van der Waals surface area contributed by atoms with E-state index >= 15 is 0 Å². The number of ether oxygens (including phenoxy) is 1. The number of fused-ring (bicyclic) bond motifs is 1. The van der Waals surface area contributed by atoms with Gasteiger partial charge in [-0.15, -0.1) is 11.3 Å². The summed E-state index contributed by atoms with van der Waals surface area (Å²) < 4.78 is 6.50. The number of amides is 2. The fourth-order valence-corrected chi connectivity index (χ4v) is 7.26. The van der Waals surface area contributed by atoms with Crippen molar-refractivity contribution < 1.29 is 19.1 Å². The van der Waals surface area contributed by atoms with E-state index in [1.807, 2.05) is 37.4 Å². The van der Waals surface area contributed by atoms with Gasteiger partial charge in [0.15, 0.2) is 10.9 Å². The SMILES string of the molecule is CC(C)CC(NC(=O)c1ccc(-c2csc(N3CCN(C)CC3)n2)cc1)C(=O)N1CC(C=C(Br)Br)C2OCC(=O)C21. The maximum absolute atomic E-state index is 13.8. The molecule has 220 valence electrons. The van der Waals surface area contributed by atoms with E-state index in [9.17, 15) is 14.4 Å². The van der Waals surface area contributed by atoms with Gasteiger partial charge in [-0.25, -0.2) is 4.98 Å². The highest BCUT2D eigenvalue weighted by Crippen LogP contribution is 2.35. The largest absolute Gasteiger partial charge is 0.367 e. The second-order valence-electron chi connectivity index (χ2n) is 11.3. The van der Waals surface area contributed by atoms with Crippen LogP contribution >= 0.6 is 43.2 Å². The minimum atomic E-state index is -0.754. The zero-order valence-electron chi connectivity index (χ0n) is 23.4. The highest BCUT2D eigenvalue weighted by molar-refractivity contribution is 9.28. The van der Waals surface area contributed by atoms with Gasteiger partial charge in [0, 0.05) is 55.1 Å². The highest BCUT2D eigenvalue weighted by Gasteiger charge is 2.52. The molecular weight excluding hydrogens is 674 g/mol. The van der Waals surface area contributed by atoms with Crippen molar-refractivity contribution in [3.05, 3.63) is 44.7 Å². The molecule has 1 N–H and O–H groups in total. The monoisotopic (exact) mass is 707 g/mol. The van der Waals surface area contributed by atoms with Gasteiger partial charge in [0.2, 0.25) is 5.91 Å². The molecule has 12 heteroatoms. The number of hydrogen-bond donors (Lipinski definition) is 1. The maximum atomic E-state index is 13.8. The van der Waals surface area contributed by atoms with Crippen molar-refractivity contribution in [2.24, 2.45) is 11.8 Å². The molecule has 2 aromatic rings. The normalized spacial score (nSPS) is 23.6. The van der Waals surface area contributed by atoms with E-state index in [0.29, 0.717) is 18.5 Å². The van der Waals surface area contributed by atoms with Gasteiger partial charge < -0.3 is 24.8 Å². The molecule has 5 rings (SSSR count). The summed E-state index contributed by atoms with van der Waals surface area (Å²) in [6.07, 6.45) is 1.99. The molecule has 0 bridgehead atoms. The zero-order valence-corrected chi connectivity index (χ0v) is 27.4. The molecular formula is C29H35Br2N5O4S. The number of carbonyl (C=O) groups excluding carboxylic acids is 3. The van der Waals surface area contributed by atoms with Crippen LogP contribution in [-0.4, -0.2) is 96.9 Å². The van der Waals surface area contributed by atoms with Crippen molar-refractivity contribution in [3.8, 4) is 11.3 Å². The van der Waals surface area contributed by atoms with Gasteiger partial charge in [0.1, 0.15) is 18.7 Å². The van der Waals surface area contributed by atoms with Crippen LogP contribution < -0.4 is 10.2 Å². The Kier molecular flexibility index (Phi) is 9.64. The molecule has 0 saturated carbocycles. The number of nitrogens with zero attached hydrogens (tertiary/aromatic N) is 4. The standard InChI is InChI=1S/C29H35Br2N5O4S/c1-17(2)12-21(28(39)36-14-20(13-24(30)31)26-25(36)23(37)15-40-26)32-27(38)19-6-4-18(5-7-19)22-16-41-29(33-22)35-10-8-34(3)9-11-35/h4-7,13,16-17,20-21,25-26H,8-12,14-15H2,1-3H3,(H,32,38). The van der Waals surface area contributed by atoms with Crippen LogP contribution in [0.2, 0.25) is 0 Å². The van der Waals surface area contributed by atoms with Gasteiger partial charge in [0.25, 0.3) is 5.91 Å². The molecule has 1 aromatic carbocycles. The number of hydrogen-bond acceptors (Lipinski definition) is 8. The molecule has 4 unspecified atom stereocenters. The van der Waals surface area contributed by atoms with Crippen molar-refractivity contribution >= 4 is 65.9 Å². The topological polar surface area (TPSA) is 95.1 Å². The number of likely N-dealkylation sites (N-methyl/N-ethyl adjacent to an activating group) is 1. The number of ketones is 1. The third-order valence-electron chi connectivity index (χ3n) is 7.87. The maximum Gasteiger partial charge on any atom is 0.251 e. The first-order chi connectivity index (χ1) is 19.6. The van der Waals surface area contributed by atoms with Gasteiger partial charge in [-0.05, 0) is 63.4 Å². The first kappa shape index (κ1) is 30.3. The second kappa shape index (κ2) is 13.0. The van der Waals surface area contributed by atoms with Crippen LogP contribution in [0.25, 0.3) is 11.3 Å². The summed E-state index contributed by atoms with van der Waals surface area (Å²) in [5.41, 5.74) is 2.29. The third kappa shape index (κ3) is 6.93. The van der Waals surface area contributed by atoms with E-state index < -0.39 is 12.1 Å². The summed E-state index contributed by atoms with van der Waals surface area (Å²) >= 11 is 8.40. The molecule has 9 nitrogen and oxygen atoms in total. The van der Waals surface area contributed by atoms with Crippen molar-refractivity contribution in [1.29, 1.82) is 0 Å². The minimum absolute atomic E-state index is 0.00717. The van der Waals surface area contributed by atoms with Gasteiger partial charge >= 0.3 is 0 Å². The Labute approximate surface area is 261 Å². The quantitative estimate of drug-likeness (QED) is 0.441. The number of Topliss-reactive ketones (excluding diaryl/α,β-unsaturated/α-hetero) is 1. The molecule has 2 amide bonds. The van der Waals surface area contributed by atoms with Crippen LogP contribution in [-0.2, 0) is 14.3 Å².